The Morgan fingerprint density at radius 3 is 0.928 bits per heavy atom. The number of carbonyl (C=O) groups excluding carboxylic acids is 3. The smallest absolute Gasteiger partial charge is 0.306 e. The molecule has 0 saturated heterocycles. The van der Waals surface area contributed by atoms with Crippen molar-refractivity contribution in [1.82, 2.24) is 0 Å². The Bertz CT molecular complexity index is 1290. The van der Waals surface area contributed by atoms with Gasteiger partial charge in [-0.3, -0.25) is 14.4 Å². The summed E-state index contributed by atoms with van der Waals surface area (Å²) in [6.07, 6.45) is 73.3. The summed E-state index contributed by atoms with van der Waals surface area (Å²) in [4.78, 5) is 38.2. The summed E-state index contributed by atoms with van der Waals surface area (Å²) in [5, 5.41) is 0. The van der Waals surface area contributed by atoms with E-state index in [-0.39, 0.29) is 37.5 Å². The second-order valence-electron chi connectivity index (χ2n) is 19.5. The van der Waals surface area contributed by atoms with Crippen molar-refractivity contribution in [2.24, 2.45) is 0 Å². The number of carbonyl (C=O) groups is 3. The fraction of sp³-hybridized carbons (Fsp3) is 0.762. The van der Waals surface area contributed by atoms with Crippen LogP contribution in [0.25, 0.3) is 0 Å². The van der Waals surface area contributed by atoms with Gasteiger partial charge in [0, 0.05) is 19.3 Å². The lowest BCUT2D eigenvalue weighted by atomic mass is 10.0. The van der Waals surface area contributed by atoms with Crippen LogP contribution in [0.2, 0.25) is 0 Å². The first-order chi connectivity index (χ1) is 34.0. The summed E-state index contributed by atoms with van der Waals surface area (Å²) >= 11 is 0. The van der Waals surface area contributed by atoms with Crippen molar-refractivity contribution in [2.45, 2.75) is 297 Å². The van der Waals surface area contributed by atoms with Crippen LogP contribution in [0.1, 0.15) is 290 Å². The zero-order valence-corrected chi connectivity index (χ0v) is 45.6. The quantitative estimate of drug-likeness (QED) is 0.0262. The van der Waals surface area contributed by atoms with Crippen LogP contribution in [0.4, 0.5) is 0 Å². The summed E-state index contributed by atoms with van der Waals surface area (Å²) in [5.41, 5.74) is 0. The SMILES string of the molecule is CC/C=C\C/C=C\C/C=C\C/C=C\CCCCC(=O)O[C@@H](COC(=O)CCCCCCC/C=C\CCCCCCCC)COC(=O)CCCCCCCCCCCCC/C=C\CCCCCCCC. The molecule has 0 aromatic heterocycles. The van der Waals surface area contributed by atoms with E-state index < -0.39 is 6.10 Å². The number of ether oxygens (including phenoxy) is 3. The molecule has 69 heavy (non-hydrogen) atoms. The molecule has 0 spiro atoms. The van der Waals surface area contributed by atoms with Crippen LogP contribution in [0, 0.1) is 0 Å². The Kier molecular flexibility index (Phi) is 54.8. The van der Waals surface area contributed by atoms with Gasteiger partial charge in [0.05, 0.1) is 0 Å². The van der Waals surface area contributed by atoms with Gasteiger partial charge >= 0.3 is 17.9 Å². The molecular weight excluding hydrogens is 853 g/mol. The lowest BCUT2D eigenvalue weighted by molar-refractivity contribution is -0.167. The molecular formula is C63H110O6. The van der Waals surface area contributed by atoms with E-state index in [4.69, 9.17) is 14.2 Å². The standard InChI is InChI=1S/C63H110O6/c1-4-7-10-13-16-19-22-25-28-29-30-31-32-33-36-38-41-44-47-50-53-56-62(65)68-59-60(69-63(66)57-54-51-48-45-42-39-35-27-24-21-18-15-12-9-6-3)58-67-61(64)55-52-49-46-43-40-37-34-26-23-20-17-14-11-8-5-2/h9,12,18,21,25-28,34-35,42,45,60H,4-8,10-11,13-17,19-20,22-24,29-33,36-41,43-44,46-59H2,1-3H3/b12-9-,21-18-,28-25-,34-26-,35-27-,45-42-/t60-/m0/s1. The number of hydrogen-bond acceptors (Lipinski definition) is 6. The highest BCUT2D eigenvalue weighted by Gasteiger charge is 2.19. The van der Waals surface area contributed by atoms with Crippen molar-refractivity contribution in [1.29, 1.82) is 0 Å². The molecule has 0 rings (SSSR count). The maximum atomic E-state index is 12.8. The van der Waals surface area contributed by atoms with Crippen LogP contribution in [0.15, 0.2) is 72.9 Å². The molecule has 0 unspecified atom stereocenters. The highest BCUT2D eigenvalue weighted by molar-refractivity contribution is 5.71. The number of allylic oxidation sites excluding steroid dienone is 12. The van der Waals surface area contributed by atoms with E-state index >= 15 is 0 Å². The molecule has 0 aliphatic rings. The van der Waals surface area contributed by atoms with Gasteiger partial charge in [-0.2, -0.15) is 0 Å². The highest BCUT2D eigenvalue weighted by atomic mass is 16.6. The minimum atomic E-state index is -0.801. The van der Waals surface area contributed by atoms with Gasteiger partial charge in [-0.05, 0) is 109 Å². The third-order valence-electron chi connectivity index (χ3n) is 12.7. The van der Waals surface area contributed by atoms with Gasteiger partial charge < -0.3 is 14.2 Å². The van der Waals surface area contributed by atoms with Gasteiger partial charge in [0.25, 0.3) is 0 Å². The van der Waals surface area contributed by atoms with Crippen LogP contribution in [0.3, 0.4) is 0 Å². The first-order valence-corrected chi connectivity index (χ1v) is 29.4. The maximum absolute atomic E-state index is 12.8. The highest BCUT2D eigenvalue weighted by Crippen LogP contribution is 2.15. The van der Waals surface area contributed by atoms with Crippen LogP contribution >= 0.6 is 0 Å². The monoisotopic (exact) mass is 963 g/mol. The Morgan fingerprint density at radius 2 is 0.565 bits per heavy atom. The van der Waals surface area contributed by atoms with E-state index in [1.165, 1.54) is 161 Å². The number of esters is 3. The number of hydrogen-bond donors (Lipinski definition) is 0. The molecule has 0 N–H and O–H groups in total. The summed E-state index contributed by atoms with van der Waals surface area (Å²) in [6.45, 7) is 6.50. The predicted octanol–water partition coefficient (Wildman–Crippen LogP) is 19.8. The fourth-order valence-corrected chi connectivity index (χ4v) is 8.25. The van der Waals surface area contributed by atoms with Gasteiger partial charge in [0.1, 0.15) is 13.2 Å². The van der Waals surface area contributed by atoms with Gasteiger partial charge in [-0.25, -0.2) is 0 Å². The Labute approximate surface area is 427 Å². The fourth-order valence-electron chi connectivity index (χ4n) is 8.25. The third-order valence-corrected chi connectivity index (χ3v) is 12.7. The molecule has 0 amide bonds. The van der Waals surface area contributed by atoms with Crippen molar-refractivity contribution in [3.8, 4) is 0 Å². The molecule has 6 nitrogen and oxygen atoms in total. The molecule has 6 heteroatoms. The molecule has 398 valence electrons. The van der Waals surface area contributed by atoms with Crippen molar-refractivity contribution >= 4 is 17.9 Å². The molecule has 0 fully saturated rings. The minimum Gasteiger partial charge on any atom is -0.462 e. The van der Waals surface area contributed by atoms with Gasteiger partial charge in [-0.15, -0.1) is 0 Å². The molecule has 0 radical (unpaired) electrons. The Balaban J connectivity index is 4.39. The third kappa shape index (κ3) is 55.6. The van der Waals surface area contributed by atoms with Crippen LogP contribution in [0.5, 0.6) is 0 Å². The number of unbranched alkanes of at least 4 members (excludes halogenated alkanes) is 30. The average molecular weight is 964 g/mol. The molecule has 1 atom stereocenters. The second-order valence-corrected chi connectivity index (χ2v) is 19.5. The summed E-state index contributed by atoms with van der Waals surface area (Å²) in [7, 11) is 0. The van der Waals surface area contributed by atoms with E-state index in [0.29, 0.717) is 19.3 Å². The van der Waals surface area contributed by atoms with E-state index in [0.717, 1.165) is 83.5 Å². The summed E-state index contributed by atoms with van der Waals surface area (Å²) in [6, 6.07) is 0. The maximum Gasteiger partial charge on any atom is 0.306 e. The predicted molar refractivity (Wildman–Crippen MR) is 298 cm³/mol. The van der Waals surface area contributed by atoms with Gasteiger partial charge in [-0.1, -0.05) is 235 Å². The largest absolute Gasteiger partial charge is 0.462 e. The minimum absolute atomic E-state index is 0.0941. The number of rotatable bonds is 53. The molecule has 0 bridgehead atoms. The average Bonchev–Trinajstić information content (AvgIpc) is 3.35. The second kappa shape index (κ2) is 57.4. The summed E-state index contributed by atoms with van der Waals surface area (Å²) in [5.74, 6) is -0.937. The first-order valence-electron chi connectivity index (χ1n) is 29.4. The van der Waals surface area contributed by atoms with Crippen LogP contribution < -0.4 is 0 Å². The van der Waals surface area contributed by atoms with Crippen molar-refractivity contribution in [3.05, 3.63) is 72.9 Å². The molecule has 0 aromatic rings. The van der Waals surface area contributed by atoms with Gasteiger partial charge in [0.15, 0.2) is 6.10 Å². The van der Waals surface area contributed by atoms with Gasteiger partial charge in [0.2, 0.25) is 0 Å². The van der Waals surface area contributed by atoms with Crippen molar-refractivity contribution < 1.29 is 28.6 Å². The zero-order valence-electron chi connectivity index (χ0n) is 45.6. The van der Waals surface area contributed by atoms with E-state index in [9.17, 15) is 14.4 Å². The van der Waals surface area contributed by atoms with Crippen molar-refractivity contribution in [3.63, 3.8) is 0 Å². The molecule has 0 aliphatic carbocycles. The van der Waals surface area contributed by atoms with E-state index in [1.807, 2.05) is 0 Å². The summed E-state index contributed by atoms with van der Waals surface area (Å²) < 4.78 is 16.8. The topological polar surface area (TPSA) is 78.9 Å². The first kappa shape index (κ1) is 65.8. The molecule has 0 aliphatic heterocycles. The van der Waals surface area contributed by atoms with E-state index in [2.05, 4.69) is 93.7 Å². The van der Waals surface area contributed by atoms with Crippen LogP contribution in [-0.4, -0.2) is 37.2 Å². The molecule has 0 saturated carbocycles. The Morgan fingerprint density at radius 1 is 0.304 bits per heavy atom. The van der Waals surface area contributed by atoms with Crippen molar-refractivity contribution in [2.75, 3.05) is 13.2 Å². The lowest BCUT2D eigenvalue weighted by Crippen LogP contribution is -2.30. The lowest BCUT2D eigenvalue weighted by Gasteiger charge is -2.18. The molecule has 0 heterocycles. The zero-order chi connectivity index (χ0) is 50.0. The Hall–Kier alpha value is -3.15. The molecule has 0 aromatic carbocycles. The normalized spacial score (nSPS) is 12.6. The van der Waals surface area contributed by atoms with Crippen LogP contribution in [-0.2, 0) is 28.6 Å². The van der Waals surface area contributed by atoms with E-state index in [1.54, 1.807) is 0 Å².